The van der Waals surface area contributed by atoms with E-state index in [0.717, 1.165) is 23.2 Å². The van der Waals surface area contributed by atoms with E-state index in [0.29, 0.717) is 6.54 Å². The van der Waals surface area contributed by atoms with E-state index in [1.807, 2.05) is 36.9 Å². The molecule has 0 aromatic heterocycles. The number of rotatable bonds is 2. The maximum absolute atomic E-state index is 12.0. The minimum absolute atomic E-state index is 0.135. The highest BCUT2D eigenvalue weighted by atomic mass is 16.2. The van der Waals surface area contributed by atoms with Gasteiger partial charge in [0, 0.05) is 24.7 Å². The molecule has 3 heteroatoms. The summed E-state index contributed by atoms with van der Waals surface area (Å²) < 4.78 is 0. The van der Waals surface area contributed by atoms with Crippen LogP contribution in [0, 0.1) is 0 Å². The maximum Gasteiger partial charge on any atom is 0.254 e. The zero-order chi connectivity index (χ0) is 11.0. The first-order valence-corrected chi connectivity index (χ1v) is 5.26. The third-order valence-corrected chi connectivity index (χ3v) is 2.87. The molecule has 2 N–H and O–H groups in total. The molecule has 3 nitrogen and oxygen atoms in total. The van der Waals surface area contributed by atoms with E-state index < -0.39 is 0 Å². The Morgan fingerprint density at radius 3 is 2.80 bits per heavy atom. The third-order valence-electron chi connectivity index (χ3n) is 2.87. The van der Waals surface area contributed by atoms with Gasteiger partial charge in [-0.25, -0.2) is 0 Å². The lowest BCUT2D eigenvalue weighted by Crippen LogP contribution is -2.30. The molecular weight excluding hydrogens is 188 g/mol. The number of hydrogen-bond acceptors (Lipinski definition) is 2. The summed E-state index contributed by atoms with van der Waals surface area (Å²) in [6.07, 6.45) is 0. The van der Waals surface area contributed by atoms with Crippen LogP contribution in [-0.2, 0) is 13.1 Å². The number of hydrogen-bond donors (Lipinski definition) is 1. The molecule has 1 aromatic rings. The minimum atomic E-state index is 0.135. The van der Waals surface area contributed by atoms with Crippen molar-refractivity contribution < 1.29 is 4.79 Å². The predicted molar refractivity (Wildman–Crippen MR) is 59.3 cm³/mol. The summed E-state index contributed by atoms with van der Waals surface area (Å²) in [6, 6.07) is 6.18. The molecule has 1 heterocycles. The highest BCUT2D eigenvalue weighted by Crippen LogP contribution is 2.25. The second-order valence-electron chi connectivity index (χ2n) is 4.22. The van der Waals surface area contributed by atoms with Crippen LogP contribution in [0.5, 0.6) is 0 Å². The molecular formula is C12H16N2O. The van der Waals surface area contributed by atoms with Crippen molar-refractivity contribution >= 4 is 5.91 Å². The smallest absolute Gasteiger partial charge is 0.254 e. The van der Waals surface area contributed by atoms with E-state index in [9.17, 15) is 4.79 Å². The van der Waals surface area contributed by atoms with Crippen LogP contribution in [0.2, 0.25) is 0 Å². The van der Waals surface area contributed by atoms with Crippen molar-refractivity contribution in [1.29, 1.82) is 0 Å². The Labute approximate surface area is 89.9 Å². The second-order valence-corrected chi connectivity index (χ2v) is 4.22. The van der Waals surface area contributed by atoms with Gasteiger partial charge in [-0.05, 0) is 31.0 Å². The molecule has 1 amide bonds. The lowest BCUT2D eigenvalue weighted by atomic mass is 10.1. The van der Waals surface area contributed by atoms with Crippen LogP contribution in [0.25, 0.3) is 0 Å². The maximum atomic E-state index is 12.0. The summed E-state index contributed by atoms with van der Waals surface area (Å²) in [6.45, 7) is 5.29. The Morgan fingerprint density at radius 2 is 2.20 bits per heavy atom. The fourth-order valence-electron chi connectivity index (χ4n) is 1.91. The molecule has 0 unspecified atom stereocenters. The molecule has 0 aliphatic carbocycles. The number of benzene rings is 1. The van der Waals surface area contributed by atoms with Crippen LogP contribution in [0.1, 0.15) is 35.3 Å². The average molecular weight is 204 g/mol. The van der Waals surface area contributed by atoms with Gasteiger partial charge in [0.05, 0.1) is 0 Å². The molecule has 0 saturated carbocycles. The molecule has 0 saturated heterocycles. The van der Waals surface area contributed by atoms with Gasteiger partial charge in [0.15, 0.2) is 0 Å². The standard InChI is InChI=1S/C12H16N2O/c1-8(2)14-7-10-4-3-9(6-13)5-11(10)12(14)15/h3-5,8H,6-7,13H2,1-2H3. The van der Waals surface area contributed by atoms with Crippen LogP contribution < -0.4 is 5.73 Å². The van der Waals surface area contributed by atoms with Crippen molar-refractivity contribution in [2.45, 2.75) is 33.0 Å². The Bertz CT molecular complexity index is 399. The summed E-state index contributed by atoms with van der Waals surface area (Å²) in [5.74, 6) is 0.135. The van der Waals surface area contributed by atoms with Crippen molar-refractivity contribution in [3.05, 3.63) is 34.9 Å². The van der Waals surface area contributed by atoms with Gasteiger partial charge >= 0.3 is 0 Å². The van der Waals surface area contributed by atoms with Gasteiger partial charge in [-0.15, -0.1) is 0 Å². The molecule has 0 atom stereocenters. The fourth-order valence-corrected chi connectivity index (χ4v) is 1.91. The lowest BCUT2D eigenvalue weighted by Gasteiger charge is -2.19. The second kappa shape index (κ2) is 3.66. The van der Waals surface area contributed by atoms with Gasteiger partial charge in [-0.1, -0.05) is 12.1 Å². The van der Waals surface area contributed by atoms with Gasteiger partial charge in [-0.3, -0.25) is 4.79 Å². The third kappa shape index (κ3) is 1.63. The Kier molecular flexibility index (Phi) is 2.49. The molecule has 15 heavy (non-hydrogen) atoms. The van der Waals surface area contributed by atoms with Crippen LogP contribution in [0.3, 0.4) is 0 Å². The summed E-state index contributed by atoms with van der Waals surface area (Å²) in [5.41, 5.74) is 8.52. The van der Waals surface area contributed by atoms with E-state index in [-0.39, 0.29) is 11.9 Å². The Morgan fingerprint density at radius 1 is 1.47 bits per heavy atom. The average Bonchev–Trinajstić information content (AvgIpc) is 2.56. The molecule has 2 rings (SSSR count). The monoisotopic (exact) mass is 204 g/mol. The van der Waals surface area contributed by atoms with E-state index in [1.165, 1.54) is 0 Å². The first-order chi connectivity index (χ1) is 7.13. The van der Waals surface area contributed by atoms with Crippen LogP contribution >= 0.6 is 0 Å². The molecule has 80 valence electrons. The van der Waals surface area contributed by atoms with Gasteiger partial charge < -0.3 is 10.6 Å². The van der Waals surface area contributed by atoms with E-state index in [4.69, 9.17) is 5.73 Å². The normalized spacial score (nSPS) is 14.9. The van der Waals surface area contributed by atoms with Gasteiger partial charge in [0.1, 0.15) is 0 Å². The summed E-state index contributed by atoms with van der Waals surface area (Å²) in [4.78, 5) is 13.9. The Balaban J connectivity index is 2.38. The van der Waals surface area contributed by atoms with Crippen LogP contribution in [0.15, 0.2) is 18.2 Å². The van der Waals surface area contributed by atoms with E-state index in [2.05, 4.69) is 0 Å². The summed E-state index contributed by atoms with van der Waals surface area (Å²) in [5, 5.41) is 0. The topological polar surface area (TPSA) is 46.3 Å². The summed E-state index contributed by atoms with van der Waals surface area (Å²) in [7, 11) is 0. The van der Waals surface area contributed by atoms with Crippen molar-refractivity contribution in [2.24, 2.45) is 5.73 Å². The number of nitrogens with zero attached hydrogens (tertiary/aromatic N) is 1. The van der Waals surface area contributed by atoms with Gasteiger partial charge in [0.25, 0.3) is 5.91 Å². The zero-order valence-electron chi connectivity index (χ0n) is 9.16. The molecule has 1 aromatic carbocycles. The minimum Gasteiger partial charge on any atom is -0.332 e. The van der Waals surface area contributed by atoms with Gasteiger partial charge in [0.2, 0.25) is 0 Å². The van der Waals surface area contributed by atoms with Crippen molar-refractivity contribution in [2.75, 3.05) is 0 Å². The predicted octanol–water partition coefficient (Wildman–Crippen LogP) is 1.51. The molecule has 0 fully saturated rings. The van der Waals surface area contributed by atoms with E-state index >= 15 is 0 Å². The number of amides is 1. The van der Waals surface area contributed by atoms with Crippen molar-refractivity contribution in [3.63, 3.8) is 0 Å². The lowest BCUT2D eigenvalue weighted by molar-refractivity contribution is 0.0730. The highest BCUT2D eigenvalue weighted by molar-refractivity contribution is 5.98. The van der Waals surface area contributed by atoms with Crippen LogP contribution in [0.4, 0.5) is 0 Å². The van der Waals surface area contributed by atoms with E-state index in [1.54, 1.807) is 0 Å². The van der Waals surface area contributed by atoms with Gasteiger partial charge in [-0.2, -0.15) is 0 Å². The molecule has 0 spiro atoms. The zero-order valence-corrected chi connectivity index (χ0v) is 9.16. The molecule has 0 radical (unpaired) electrons. The fraction of sp³-hybridized carbons (Fsp3) is 0.417. The first-order valence-electron chi connectivity index (χ1n) is 5.26. The number of nitrogens with two attached hydrogens (primary N) is 1. The Hall–Kier alpha value is -1.35. The van der Waals surface area contributed by atoms with Crippen molar-refractivity contribution in [1.82, 2.24) is 4.90 Å². The number of carbonyl (C=O) groups is 1. The molecule has 1 aliphatic rings. The molecule has 1 aliphatic heterocycles. The number of carbonyl (C=O) groups excluding carboxylic acids is 1. The summed E-state index contributed by atoms with van der Waals surface area (Å²) >= 11 is 0. The SMILES string of the molecule is CC(C)N1Cc2ccc(CN)cc2C1=O. The molecule has 0 bridgehead atoms. The highest BCUT2D eigenvalue weighted by Gasteiger charge is 2.28. The largest absolute Gasteiger partial charge is 0.332 e. The van der Waals surface area contributed by atoms with Crippen LogP contribution in [-0.4, -0.2) is 16.8 Å². The number of fused-ring (bicyclic) bond motifs is 1. The quantitative estimate of drug-likeness (QED) is 0.793. The first kappa shape index (κ1) is 10.2. The van der Waals surface area contributed by atoms with Crippen molar-refractivity contribution in [3.8, 4) is 0 Å².